The average molecular weight is 582 g/mol. The predicted molar refractivity (Wildman–Crippen MR) is 169 cm³/mol. The molecule has 0 spiro atoms. The van der Waals surface area contributed by atoms with Crippen LogP contribution in [-0.4, -0.2) is 69.5 Å². The molecule has 7 N–H and O–H groups in total. The number of fused-ring (bicyclic) bond motifs is 1. The fraction of sp³-hybridized carbons (Fsp3) is 1.00. The van der Waals surface area contributed by atoms with Crippen molar-refractivity contribution in [1.82, 2.24) is 0 Å². The van der Waals surface area contributed by atoms with Crippen molar-refractivity contribution in [3.05, 3.63) is 0 Å². The number of aliphatic hydroxyl groups excluding tert-OH is 1. The van der Waals surface area contributed by atoms with Gasteiger partial charge in [-0.3, -0.25) is 0 Å². The van der Waals surface area contributed by atoms with E-state index < -0.39 is 0 Å². The highest BCUT2D eigenvalue weighted by atomic mass is 16.5. The molecule has 0 heterocycles. The number of nitrogens with two attached hydrogens (primary N) is 3. The smallest absolute Gasteiger partial charge is 0.0637 e. The molecule has 0 radical (unpaired) electrons. The van der Waals surface area contributed by atoms with E-state index in [0.29, 0.717) is 55.3 Å². The van der Waals surface area contributed by atoms with E-state index in [1.807, 2.05) is 0 Å². The fourth-order valence-corrected chi connectivity index (χ4v) is 9.54. The van der Waals surface area contributed by atoms with E-state index >= 15 is 0 Å². The zero-order valence-electron chi connectivity index (χ0n) is 27.2. The molecule has 0 aromatic carbocycles. The molecule has 41 heavy (non-hydrogen) atoms. The first-order chi connectivity index (χ1) is 19.8. The predicted octanol–water partition coefficient (Wildman–Crippen LogP) is 5.26. The molecule has 0 saturated heterocycles. The Morgan fingerprint density at radius 1 is 0.829 bits per heavy atom. The minimum absolute atomic E-state index is 0.105. The third-order valence-corrected chi connectivity index (χ3v) is 11.8. The average Bonchev–Trinajstić information content (AvgIpc) is 3.33. The molecule has 2 unspecified atom stereocenters. The summed E-state index contributed by atoms with van der Waals surface area (Å²) in [6.45, 7) is 14.5. The zero-order valence-corrected chi connectivity index (χ0v) is 27.2. The number of rotatable bonds is 19. The van der Waals surface area contributed by atoms with Gasteiger partial charge in [0.05, 0.1) is 18.3 Å². The summed E-state index contributed by atoms with van der Waals surface area (Å²) >= 11 is 0. The monoisotopic (exact) mass is 582 g/mol. The second-order valence-corrected chi connectivity index (χ2v) is 14.2. The van der Waals surface area contributed by atoms with Crippen molar-refractivity contribution in [2.75, 3.05) is 46.1 Å². The van der Waals surface area contributed by atoms with Gasteiger partial charge < -0.3 is 36.5 Å². The quantitative estimate of drug-likeness (QED) is 0.153. The lowest BCUT2D eigenvalue weighted by Crippen LogP contribution is -2.59. The Hall–Kier alpha value is -0.280. The van der Waals surface area contributed by atoms with Crippen molar-refractivity contribution < 1.29 is 19.3 Å². The Balaban J connectivity index is 1.94. The largest absolute Gasteiger partial charge is 0.396 e. The van der Waals surface area contributed by atoms with E-state index in [9.17, 15) is 5.11 Å². The highest BCUT2D eigenvalue weighted by Crippen LogP contribution is 2.66. The molecule has 8 atom stereocenters. The molecule has 3 saturated carbocycles. The van der Waals surface area contributed by atoms with Crippen LogP contribution < -0.4 is 17.2 Å². The maximum Gasteiger partial charge on any atom is 0.0637 e. The van der Waals surface area contributed by atoms with Crippen molar-refractivity contribution in [2.24, 2.45) is 57.6 Å². The first kappa shape index (κ1) is 35.2. The van der Waals surface area contributed by atoms with Crippen LogP contribution in [-0.2, 0) is 14.2 Å². The van der Waals surface area contributed by atoms with E-state index in [2.05, 4.69) is 27.7 Å². The lowest BCUT2D eigenvalue weighted by molar-refractivity contribution is -0.192. The van der Waals surface area contributed by atoms with Crippen LogP contribution in [0.15, 0.2) is 0 Å². The summed E-state index contributed by atoms with van der Waals surface area (Å²) in [5, 5.41) is 9.61. The van der Waals surface area contributed by atoms with Crippen molar-refractivity contribution in [3.8, 4) is 0 Å². The summed E-state index contributed by atoms with van der Waals surface area (Å²) in [7, 11) is 0. The Bertz CT molecular complexity index is 718. The Kier molecular flexibility index (Phi) is 14.8. The molecule has 3 aliphatic carbocycles. The van der Waals surface area contributed by atoms with Crippen LogP contribution in [0.4, 0.5) is 0 Å². The molecule has 3 rings (SSSR count). The molecule has 7 heteroatoms. The first-order valence-corrected chi connectivity index (χ1v) is 17.4. The van der Waals surface area contributed by atoms with Crippen LogP contribution in [0.1, 0.15) is 111 Å². The van der Waals surface area contributed by atoms with Gasteiger partial charge in [0.2, 0.25) is 0 Å². The number of hydrogen-bond donors (Lipinski definition) is 4. The molecule has 3 aliphatic rings. The molecule has 0 bridgehead atoms. The van der Waals surface area contributed by atoms with E-state index in [4.69, 9.17) is 31.4 Å². The Labute approximate surface area is 252 Å². The minimum atomic E-state index is 0.105. The van der Waals surface area contributed by atoms with Crippen LogP contribution in [0.25, 0.3) is 0 Å². The van der Waals surface area contributed by atoms with Gasteiger partial charge in [0.1, 0.15) is 0 Å². The topological polar surface area (TPSA) is 126 Å². The first-order valence-electron chi connectivity index (χ1n) is 17.4. The fourth-order valence-electron chi connectivity index (χ4n) is 9.54. The van der Waals surface area contributed by atoms with Gasteiger partial charge in [-0.15, -0.1) is 0 Å². The zero-order chi connectivity index (χ0) is 29.9. The third-order valence-electron chi connectivity index (χ3n) is 11.8. The van der Waals surface area contributed by atoms with Crippen LogP contribution in [0, 0.1) is 40.4 Å². The van der Waals surface area contributed by atoms with E-state index in [-0.39, 0.29) is 29.6 Å². The van der Waals surface area contributed by atoms with Gasteiger partial charge in [-0.25, -0.2) is 0 Å². The molecule has 0 aromatic rings. The lowest BCUT2D eigenvalue weighted by atomic mass is 9.48. The summed E-state index contributed by atoms with van der Waals surface area (Å²) in [4.78, 5) is 0. The summed E-state index contributed by atoms with van der Waals surface area (Å²) in [6, 6.07) is 0. The Morgan fingerprint density at radius 2 is 1.46 bits per heavy atom. The summed E-state index contributed by atoms with van der Waals surface area (Å²) in [5.41, 5.74) is 17.9. The third kappa shape index (κ3) is 8.46. The van der Waals surface area contributed by atoms with Gasteiger partial charge in [-0.2, -0.15) is 0 Å². The maximum absolute atomic E-state index is 9.61. The van der Waals surface area contributed by atoms with Crippen LogP contribution in [0.5, 0.6) is 0 Å². The van der Waals surface area contributed by atoms with Gasteiger partial charge in [0.15, 0.2) is 0 Å². The van der Waals surface area contributed by atoms with Gasteiger partial charge >= 0.3 is 0 Å². The maximum atomic E-state index is 9.61. The normalized spacial score (nSPS) is 37.2. The van der Waals surface area contributed by atoms with Crippen molar-refractivity contribution in [2.45, 2.75) is 129 Å². The SMILES string of the molecule is CC[C@@H](OCCCN)C1[C@@H]2CC[C@H]([C@H](C)CCCO)C2(C)[C@@H](OCCCN)C[C@@H]1[C@]1(C)CC[C@H](OCCCN)CC1. The van der Waals surface area contributed by atoms with Crippen LogP contribution >= 0.6 is 0 Å². The number of aliphatic hydroxyl groups is 1. The van der Waals surface area contributed by atoms with E-state index in [1.165, 1.54) is 25.7 Å². The van der Waals surface area contributed by atoms with Gasteiger partial charge in [0.25, 0.3) is 0 Å². The highest BCUT2D eigenvalue weighted by molar-refractivity contribution is 5.12. The molecule has 0 aliphatic heterocycles. The van der Waals surface area contributed by atoms with E-state index in [0.717, 1.165) is 77.6 Å². The second-order valence-electron chi connectivity index (χ2n) is 14.2. The molecular weight excluding hydrogens is 514 g/mol. The molecular formula is C34H67N3O4. The highest BCUT2D eigenvalue weighted by Gasteiger charge is 2.63. The summed E-state index contributed by atoms with van der Waals surface area (Å²) in [6.07, 6.45) is 14.9. The van der Waals surface area contributed by atoms with Gasteiger partial charge in [-0.1, -0.05) is 27.7 Å². The Morgan fingerprint density at radius 3 is 2.07 bits per heavy atom. The van der Waals surface area contributed by atoms with Crippen LogP contribution in [0.3, 0.4) is 0 Å². The lowest BCUT2D eigenvalue weighted by Gasteiger charge is -2.60. The standard InChI is InChI=1S/C34H67N3O4/c1-5-30(40-22-8-18-36)32-28-12-11-27(25(2)10-6-20-38)34(28,4)31(41-23-9-19-37)24-29(32)33(3)15-13-26(14-16-33)39-21-7-17-35/h25-32,38H,5-24,35-37H2,1-4H3/t25-,26-,27-,28+,29+,30-,31+,32?,33+,34?/m1/s1. The van der Waals surface area contributed by atoms with E-state index in [1.54, 1.807) is 0 Å². The summed E-state index contributed by atoms with van der Waals surface area (Å²) in [5.74, 6) is 2.83. The van der Waals surface area contributed by atoms with Gasteiger partial charge in [-0.05, 0) is 138 Å². The molecule has 0 amide bonds. The van der Waals surface area contributed by atoms with Gasteiger partial charge in [0, 0.05) is 31.8 Å². The minimum Gasteiger partial charge on any atom is -0.396 e. The molecule has 7 nitrogen and oxygen atoms in total. The summed E-state index contributed by atoms with van der Waals surface area (Å²) < 4.78 is 19.9. The second kappa shape index (κ2) is 17.3. The van der Waals surface area contributed by atoms with Crippen molar-refractivity contribution >= 4 is 0 Å². The van der Waals surface area contributed by atoms with Crippen molar-refractivity contribution in [1.29, 1.82) is 0 Å². The number of hydrogen-bond acceptors (Lipinski definition) is 7. The molecule has 0 aromatic heterocycles. The van der Waals surface area contributed by atoms with Crippen molar-refractivity contribution in [3.63, 3.8) is 0 Å². The van der Waals surface area contributed by atoms with Crippen LogP contribution in [0.2, 0.25) is 0 Å². The number of ether oxygens (including phenoxy) is 3. The molecule has 242 valence electrons. The molecule has 3 fully saturated rings.